The Kier molecular flexibility index (Phi) is 5.16. The van der Waals surface area contributed by atoms with Crippen LogP contribution in [0.4, 0.5) is 5.69 Å². The molecule has 0 aliphatic heterocycles. The topological polar surface area (TPSA) is 75.6 Å². The summed E-state index contributed by atoms with van der Waals surface area (Å²) < 4.78 is 5.77. The van der Waals surface area contributed by atoms with E-state index in [-0.39, 0.29) is 11.3 Å². The number of carbonyl (C=O) groups excluding carboxylic acids is 2. The first-order valence-electron chi connectivity index (χ1n) is 6.48. The second-order valence-corrected chi connectivity index (χ2v) is 5.49. The number of aromatic hydroxyl groups is 1. The molecule has 2 aromatic rings. The number of aryl methyl sites for hydroxylation is 1. The molecule has 1 amide bonds. The van der Waals surface area contributed by atoms with Crippen molar-refractivity contribution >= 4 is 33.5 Å². The SMILES string of the molecule is Cc1ccc(NC(=O)COC(=O)c2cccc(O)c2)cc1Br. The first kappa shape index (κ1) is 16.0. The number of amides is 1. The summed E-state index contributed by atoms with van der Waals surface area (Å²) in [6.07, 6.45) is 0. The average molecular weight is 364 g/mol. The molecule has 0 atom stereocenters. The number of esters is 1. The van der Waals surface area contributed by atoms with E-state index in [1.165, 1.54) is 24.3 Å². The van der Waals surface area contributed by atoms with E-state index in [0.29, 0.717) is 5.69 Å². The number of benzene rings is 2. The number of hydrogen-bond acceptors (Lipinski definition) is 4. The van der Waals surface area contributed by atoms with E-state index in [9.17, 15) is 14.7 Å². The van der Waals surface area contributed by atoms with Gasteiger partial charge in [-0.1, -0.05) is 28.1 Å². The van der Waals surface area contributed by atoms with Gasteiger partial charge in [0.05, 0.1) is 5.56 Å². The third-order valence-electron chi connectivity index (χ3n) is 2.87. The molecule has 0 spiro atoms. The van der Waals surface area contributed by atoms with E-state index < -0.39 is 18.5 Å². The normalized spacial score (nSPS) is 10.1. The van der Waals surface area contributed by atoms with Gasteiger partial charge in [0.25, 0.3) is 5.91 Å². The standard InChI is InChI=1S/C16H14BrNO4/c1-10-5-6-12(8-14(10)17)18-15(20)9-22-16(21)11-3-2-4-13(19)7-11/h2-8,19H,9H2,1H3,(H,18,20). The Balaban J connectivity index is 1.90. The van der Waals surface area contributed by atoms with Crippen LogP contribution in [-0.2, 0) is 9.53 Å². The number of rotatable bonds is 4. The molecule has 0 aromatic heterocycles. The highest BCUT2D eigenvalue weighted by Crippen LogP contribution is 2.20. The molecule has 22 heavy (non-hydrogen) atoms. The molecule has 0 heterocycles. The number of halogens is 1. The van der Waals surface area contributed by atoms with Crippen LogP contribution in [0.2, 0.25) is 0 Å². The van der Waals surface area contributed by atoms with E-state index in [0.717, 1.165) is 10.0 Å². The van der Waals surface area contributed by atoms with Crippen molar-refractivity contribution in [3.63, 3.8) is 0 Å². The second kappa shape index (κ2) is 7.09. The molecule has 2 N–H and O–H groups in total. The predicted octanol–water partition coefficient (Wildman–Crippen LogP) is 3.26. The molecule has 2 aromatic carbocycles. The van der Waals surface area contributed by atoms with Gasteiger partial charge >= 0.3 is 5.97 Å². The molecular formula is C16H14BrNO4. The van der Waals surface area contributed by atoms with Crippen molar-refractivity contribution in [1.82, 2.24) is 0 Å². The molecule has 0 saturated heterocycles. The van der Waals surface area contributed by atoms with Crippen LogP contribution in [0.15, 0.2) is 46.9 Å². The van der Waals surface area contributed by atoms with Gasteiger partial charge in [0, 0.05) is 10.2 Å². The summed E-state index contributed by atoms with van der Waals surface area (Å²) in [5.74, 6) is -1.15. The zero-order valence-electron chi connectivity index (χ0n) is 11.8. The van der Waals surface area contributed by atoms with Gasteiger partial charge < -0.3 is 15.2 Å². The van der Waals surface area contributed by atoms with Gasteiger partial charge in [-0.2, -0.15) is 0 Å². The van der Waals surface area contributed by atoms with Gasteiger partial charge in [-0.3, -0.25) is 4.79 Å². The van der Waals surface area contributed by atoms with Gasteiger partial charge in [-0.05, 0) is 42.8 Å². The molecule has 0 aliphatic rings. The smallest absolute Gasteiger partial charge is 0.338 e. The molecule has 0 bridgehead atoms. The van der Waals surface area contributed by atoms with Crippen molar-refractivity contribution in [3.8, 4) is 5.75 Å². The Morgan fingerprint density at radius 1 is 1.23 bits per heavy atom. The first-order valence-corrected chi connectivity index (χ1v) is 7.27. The third kappa shape index (κ3) is 4.33. The minimum absolute atomic E-state index is 0.0385. The lowest BCUT2D eigenvalue weighted by atomic mass is 10.2. The van der Waals surface area contributed by atoms with Crippen molar-refractivity contribution in [2.75, 3.05) is 11.9 Å². The third-order valence-corrected chi connectivity index (χ3v) is 3.73. The molecule has 5 nitrogen and oxygen atoms in total. The monoisotopic (exact) mass is 363 g/mol. The van der Waals surface area contributed by atoms with Crippen LogP contribution in [0.5, 0.6) is 5.75 Å². The summed E-state index contributed by atoms with van der Waals surface area (Å²) in [5.41, 5.74) is 1.84. The van der Waals surface area contributed by atoms with Crippen LogP contribution in [0.1, 0.15) is 15.9 Å². The molecule has 0 fully saturated rings. The summed E-state index contributed by atoms with van der Waals surface area (Å²) in [4.78, 5) is 23.5. The number of nitrogens with one attached hydrogen (secondary N) is 1. The Bertz CT molecular complexity index is 715. The zero-order chi connectivity index (χ0) is 16.1. The Hall–Kier alpha value is -2.34. The Morgan fingerprint density at radius 2 is 2.00 bits per heavy atom. The minimum atomic E-state index is -0.670. The Morgan fingerprint density at radius 3 is 2.68 bits per heavy atom. The highest BCUT2D eigenvalue weighted by atomic mass is 79.9. The lowest BCUT2D eigenvalue weighted by Crippen LogP contribution is -2.20. The fourth-order valence-electron chi connectivity index (χ4n) is 1.71. The van der Waals surface area contributed by atoms with E-state index in [1.54, 1.807) is 12.1 Å². The minimum Gasteiger partial charge on any atom is -0.508 e. The summed E-state index contributed by atoms with van der Waals surface area (Å²) in [6.45, 7) is 1.53. The van der Waals surface area contributed by atoms with Crippen LogP contribution in [0.25, 0.3) is 0 Å². The van der Waals surface area contributed by atoms with Gasteiger partial charge in [-0.25, -0.2) is 4.79 Å². The average Bonchev–Trinajstić information content (AvgIpc) is 2.48. The van der Waals surface area contributed by atoms with Crippen LogP contribution in [0, 0.1) is 6.92 Å². The van der Waals surface area contributed by atoms with Gasteiger partial charge in [0.15, 0.2) is 6.61 Å². The Labute approximate surface area is 136 Å². The molecule has 0 radical (unpaired) electrons. The van der Waals surface area contributed by atoms with Gasteiger partial charge in [0.2, 0.25) is 0 Å². The molecule has 0 unspecified atom stereocenters. The highest BCUT2D eigenvalue weighted by molar-refractivity contribution is 9.10. The number of ether oxygens (including phenoxy) is 1. The lowest BCUT2D eigenvalue weighted by Gasteiger charge is -2.08. The fourth-order valence-corrected chi connectivity index (χ4v) is 2.09. The molecule has 0 aliphatic carbocycles. The number of hydrogen-bond donors (Lipinski definition) is 2. The number of anilines is 1. The maximum atomic E-state index is 11.8. The van der Waals surface area contributed by atoms with Crippen LogP contribution < -0.4 is 5.32 Å². The van der Waals surface area contributed by atoms with Crippen molar-refractivity contribution in [2.45, 2.75) is 6.92 Å². The zero-order valence-corrected chi connectivity index (χ0v) is 13.4. The molecule has 114 valence electrons. The van der Waals surface area contributed by atoms with Crippen molar-refractivity contribution in [1.29, 1.82) is 0 Å². The van der Waals surface area contributed by atoms with Crippen molar-refractivity contribution in [2.24, 2.45) is 0 Å². The number of phenolic OH excluding ortho intramolecular Hbond substituents is 1. The molecule has 0 saturated carbocycles. The van der Waals surface area contributed by atoms with E-state index in [2.05, 4.69) is 21.2 Å². The quantitative estimate of drug-likeness (QED) is 0.817. The summed E-state index contributed by atoms with van der Waals surface area (Å²) >= 11 is 3.38. The second-order valence-electron chi connectivity index (χ2n) is 4.64. The van der Waals surface area contributed by atoms with Gasteiger partial charge in [0.1, 0.15) is 5.75 Å². The lowest BCUT2D eigenvalue weighted by molar-refractivity contribution is -0.119. The largest absolute Gasteiger partial charge is 0.508 e. The fraction of sp³-hybridized carbons (Fsp3) is 0.125. The van der Waals surface area contributed by atoms with E-state index in [4.69, 9.17) is 4.74 Å². The first-order chi connectivity index (χ1) is 10.5. The number of phenols is 1. The van der Waals surface area contributed by atoms with E-state index in [1.807, 2.05) is 13.0 Å². The molecule has 6 heteroatoms. The molecular weight excluding hydrogens is 350 g/mol. The van der Waals surface area contributed by atoms with E-state index >= 15 is 0 Å². The molecule has 2 rings (SSSR count). The predicted molar refractivity (Wildman–Crippen MR) is 85.9 cm³/mol. The van der Waals surface area contributed by atoms with Crippen molar-refractivity contribution < 1.29 is 19.4 Å². The van der Waals surface area contributed by atoms with Gasteiger partial charge in [-0.15, -0.1) is 0 Å². The maximum Gasteiger partial charge on any atom is 0.338 e. The van der Waals surface area contributed by atoms with Crippen LogP contribution >= 0.6 is 15.9 Å². The van der Waals surface area contributed by atoms with Crippen LogP contribution in [-0.4, -0.2) is 23.6 Å². The highest BCUT2D eigenvalue weighted by Gasteiger charge is 2.11. The summed E-state index contributed by atoms with van der Waals surface area (Å²) in [6, 6.07) is 11.1. The number of carbonyl (C=O) groups is 2. The van der Waals surface area contributed by atoms with Crippen molar-refractivity contribution in [3.05, 3.63) is 58.1 Å². The summed E-state index contributed by atoms with van der Waals surface area (Å²) in [5, 5.41) is 11.9. The summed E-state index contributed by atoms with van der Waals surface area (Å²) in [7, 11) is 0. The van der Waals surface area contributed by atoms with Crippen LogP contribution in [0.3, 0.4) is 0 Å². The maximum absolute atomic E-state index is 11.8.